The van der Waals surface area contributed by atoms with Crippen molar-refractivity contribution in [3.05, 3.63) is 43.7 Å². The molecule has 2 aromatic rings. The normalized spacial score (nSPS) is 19.0. The molecule has 1 atom stereocenters. The summed E-state index contributed by atoms with van der Waals surface area (Å²) in [6.45, 7) is 2.57. The summed E-state index contributed by atoms with van der Waals surface area (Å²) in [6, 6.07) is 7.63. The third-order valence-electron chi connectivity index (χ3n) is 3.45. The molecule has 4 nitrogen and oxygen atoms in total. The summed E-state index contributed by atoms with van der Waals surface area (Å²) >= 11 is 3.71. The molecule has 0 aliphatic carbocycles. The van der Waals surface area contributed by atoms with Crippen molar-refractivity contribution in [3.63, 3.8) is 0 Å². The van der Waals surface area contributed by atoms with Gasteiger partial charge in [0.15, 0.2) is 4.80 Å². The van der Waals surface area contributed by atoms with E-state index in [1.165, 1.54) is 16.2 Å². The van der Waals surface area contributed by atoms with Crippen LogP contribution in [0.3, 0.4) is 0 Å². The molecule has 3 rings (SSSR count). The van der Waals surface area contributed by atoms with Gasteiger partial charge in [-0.3, -0.25) is 4.57 Å². The second-order valence-electron chi connectivity index (χ2n) is 5.20. The zero-order valence-electron chi connectivity index (χ0n) is 12.0. The fraction of sp³-hybridized carbons (Fsp3) is 0.333. The summed E-state index contributed by atoms with van der Waals surface area (Å²) < 4.78 is 16.2. The molecule has 0 radical (unpaired) electrons. The Morgan fingerprint density at radius 3 is 3.00 bits per heavy atom. The lowest BCUT2D eigenvalue weighted by molar-refractivity contribution is 0.213. The molecule has 1 saturated heterocycles. The lowest BCUT2D eigenvalue weighted by atomic mass is 10.3. The number of hydrogen-bond donors (Lipinski definition) is 0. The Hall–Kier alpha value is -1.22. The van der Waals surface area contributed by atoms with Gasteiger partial charge in [0.05, 0.1) is 6.54 Å². The van der Waals surface area contributed by atoms with Gasteiger partial charge in [0.25, 0.3) is 0 Å². The van der Waals surface area contributed by atoms with Crippen LogP contribution >= 0.6 is 33.9 Å². The summed E-state index contributed by atoms with van der Waals surface area (Å²) in [4.78, 5) is 19.6. The molecule has 22 heavy (non-hydrogen) atoms. The topological polar surface area (TPSA) is 37.6 Å². The van der Waals surface area contributed by atoms with Crippen molar-refractivity contribution in [2.75, 3.05) is 13.1 Å². The van der Waals surface area contributed by atoms with Gasteiger partial charge in [-0.05, 0) is 54.1 Å². The number of thiazole rings is 1. The first-order valence-corrected chi connectivity index (χ1v) is 8.85. The third-order valence-corrected chi connectivity index (χ3v) is 5.02. The molecule has 0 bridgehead atoms. The monoisotopic (exact) mass is 431 g/mol. The molecule has 0 spiro atoms. The number of likely N-dealkylation sites (tertiary alicyclic amines) is 1. The average Bonchev–Trinajstić information content (AvgIpc) is 3.05. The van der Waals surface area contributed by atoms with E-state index in [9.17, 15) is 9.18 Å². The number of nitrogens with zero attached hydrogens (tertiary/aromatic N) is 3. The summed E-state index contributed by atoms with van der Waals surface area (Å²) in [6.07, 6.45) is 1.44. The summed E-state index contributed by atoms with van der Waals surface area (Å²) in [5.74, 6) is 0. The minimum Gasteiger partial charge on any atom is -0.320 e. The Balaban J connectivity index is 1.97. The number of aromatic nitrogens is 1. The summed E-state index contributed by atoms with van der Waals surface area (Å²) in [5.41, 5.74) is 0.965. The van der Waals surface area contributed by atoms with Crippen LogP contribution in [0, 0.1) is 10.5 Å². The number of halogens is 2. The predicted molar refractivity (Wildman–Crippen MR) is 93.1 cm³/mol. The van der Waals surface area contributed by atoms with Gasteiger partial charge in [-0.2, -0.15) is 4.99 Å². The molecule has 116 valence electrons. The van der Waals surface area contributed by atoms with Gasteiger partial charge in [-0.25, -0.2) is 9.18 Å². The smallest absolute Gasteiger partial charge is 0.320 e. The Morgan fingerprint density at radius 2 is 2.32 bits per heavy atom. The van der Waals surface area contributed by atoms with E-state index in [0.717, 1.165) is 14.1 Å². The van der Waals surface area contributed by atoms with Crippen LogP contribution in [-0.2, 0) is 0 Å². The van der Waals surface area contributed by atoms with Crippen LogP contribution in [0.5, 0.6) is 0 Å². The molecule has 1 fully saturated rings. The highest BCUT2D eigenvalue weighted by molar-refractivity contribution is 14.1. The van der Waals surface area contributed by atoms with E-state index in [4.69, 9.17) is 0 Å². The lowest BCUT2D eigenvalue weighted by Crippen LogP contribution is -2.28. The van der Waals surface area contributed by atoms with Crippen LogP contribution in [0.25, 0.3) is 5.69 Å². The SMILES string of the molecule is Cc1cn(-c2cccc(I)c2)c(=NC(=O)N2CC[C@@H](F)C2)s1. The highest BCUT2D eigenvalue weighted by Crippen LogP contribution is 2.15. The number of benzene rings is 1. The third kappa shape index (κ3) is 3.40. The second kappa shape index (κ2) is 6.49. The molecule has 0 N–H and O–H groups in total. The molecule has 1 aliphatic rings. The van der Waals surface area contributed by atoms with Crippen LogP contribution in [0.1, 0.15) is 11.3 Å². The van der Waals surface area contributed by atoms with Crippen molar-refractivity contribution < 1.29 is 9.18 Å². The highest BCUT2D eigenvalue weighted by Gasteiger charge is 2.25. The van der Waals surface area contributed by atoms with Gasteiger partial charge in [0.1, 0.15) is 6.17 Å². The van der Waals surface area contributed by atoms with Crippen molar-refractivity contribution in [2.45, 2.75) is 19.5 Å². The molecule has 2 amide bonds. The number of carbonyl (C=O) groups is 1. The Kier molecular flexibility index (Phi) is 4.62. The van der Waals surface area contributed by atoms with Gasteiger partial charge < -0.3 is 4.90 Å². The first-order valence-electron chi connectivity index (χ1n) is 6.95. The van der Waals surface area contributed by atoms with Gasteiger partial charge >= 0.3 is 6.03 Å². The van der Waals surface area contributed by atoms with Gasteiger partial charge in [-0.15, -0.1) is 11.3 Å². The maximum Gasteiger partial charge on any atom is 0.346 e. The average molecular weight is 431 g/mol. The fourth-order valence-corrected chi connectivity index (χ4v) is 3.74. The largest absolute Gasteiger partial charge is 0.346 e. The fourth-order valence-electron chi connectivity index (χ4n) is 2.39. The van der Waals surface area contributed by atoms with E-state index in [2.05, 4.69) is 27.6 Å². The lowest BCUT2D eigenvalue weighted by Gasteiger charge is -2.10. The standard InChI is InChI=1S/C15H15FIN3OS/c1-10-8-20(13-4-2-3-12(17)7-13)15(22-10)18-14(21)19-6-5-11(16)9-19/h2-4,7-8,11H,5-6,9H2,1H3/t11-/m1/s1. The summed E-state index contributed by atoms with van der Waals surface area (Å²) in [7, 11) is 0. The quantitative estimate of drug-likeness (QED) is 0.637. The van der Waals surface area contributed by atoms with Gasteiger partial charge in [0.2, 0.25) is 0 Å². The molecule has 2 heterocycles. The maximum absolute atomic E-state index is 13.2. The van der Waals surface area contributed by atoms with Crippen molar-refractivity contribution in [2.24, 2.45) is 4.99 Å². The first-order chi connectivity index (χ1) is 10.5. The number of alkyl halides is 1. The minimum atomic E-state index is -0.924. The van der Waals surface area contributed by atoms with E-state index < -0.39 is 6.17 Å². The van der Waals surface area contributed by atoms with Crippen molar-refractivity contribution in [1.29, 1.82) is 0 Å². The molecule has 1 aromatic heterocycles. The van der Waals surface area contributed by atoms with E-state index in [1.54, 1.807) is 0 Å². The highest BCUT2D eigenvalue weighted by atomic mass is 127. The molecule has 1 aliphatic heterocycles. The second-order valence-corrected chi connectivity index (χ2v) is 7.66. The number of amides is 2. The van der Waals surface area contributed by atoms with Crippen LogP contribution in [0.4, 0.5) is 9.18 Å². The number of aryl methyl sites for hydroxylation is 1. The van der Waals surface area contributed by atoms with Crippen molar-refractivity contribution in [3.8, 4) is 5.69 Å². The van der Waals surface area contributed by atoms with E-state index in [1.807, 2.05) is 42.0 Å². The Bertz CT molecular complexity index is 770. The van der Waals surface area contributed by atoms with Crippen LogP contribution in [0.2, 0.25) is 0 Å². The number of hydrogen-bond acceptors (Lipinski definition) is 2. The maximum atomic E-state index is 13.2. The van der Waals surface area contributed by atoms with Crippen LogP contribution in [0.15, 0.2) is 35.5 Å². The molecule has 1 aromatic carbocycles. The minimum absolute atomic E-state index is 0.149. The Morgan fingerprint density at radius 1 is 1.50 bits per heavy atom. The first kappa shape index (κ1) is 15.7. The van der Waals surface area contributed by atoms with Crippen molar-refractivity contribution in [1.82, 2.24) is 9.47 Å². The number of urea groups is 1. The van der Waals surface area contributed by atoms with Gasteiger partial charge in [0, 0.05) is 26.9 Å². The number of rotatable bonds is 1. The zero-order valence-corrected chi connectivity index (χ0v) is 15.0. The van der Waals surface area contributed by atoms with E-state index in [-0.39, 0.29) is 12.6 Å². The Labute approximate surface area is 145 Å². The molecule has 7 heteroatoms. The van der Waals surface area contributed by atoms with Gasteiger partial charge in [-0.1, -0.05) is 6.07 Å². The zero-order chi connectivity index (χ0) is 15.7. The van der Waals surface area contributed by atoms with E-state index in [0.29, 0.717) is 17.8 Å². The summed E-state index contributed by atoms with van der Waals surface area (Å²) in [5, 5.41) is 0. The molecule has 0 saturated carbocycles. The molecule has 0 unspecified atom stereocenters. The van der Waals surface area contributed by atoms with E-state index >= 15 is 0 Å². The molecular weight excluding hydrogens is 416 g/mol. The van der Waals surface area contributed by atoms with Crippen molar-refractivity contribution >= 4 is 40.0 Å². The van der Waals surface area contributed by atoms with Crippen LogP contribution < -0.4 is 4.80 Å². The predicted octanol–water partition coefficient (Wildman–Crippen LogP) is 3.52. The molecular formula is C15H15FIN3OS. The van der Waals surface area contributed by atoms with Crippen LogP contribution in [-0.4, -0.2) is 34.8 Å². The number of carbonyl (C=O) groups excluding carboxylic acids is 1.